The number of unbranched alkanes of at least 4 members (excludes halogenated alkanes) is 2. The highest BCUT2D eigenvalue weighted by atomic mass is 35.5. The van der Waals surface area contributed by atoms with Crippen LogP contribution >= 0.6 is 11.6 Å². The van der Waals surface area contributed by atoms with Crippen LogP contribution in [0.4, 0.5) is 0 Å². The number of hydrogen-bond donors (Lipinski definition) is 1. The topological polar surface area (TPSA) is 20.2 Å². The van der Waals surface area contributed by atoms with Crippen LogP contribution in [-0.4, -0.2) is 5.11 Å². The highest BCUT2D eigenvalue weighted by molar-refractivity contribution is 6.32. The van der Waals surface area contributed by atoms with Crippen molar-refractivity contribution < 1.29 is 5.11 Å². The normalized spacial score (nSPS) is 10.7. The van der Waals surface area contributed by atoms with E-state index in [2.05, 4.69) is 6.92 Å². The Morgan fingerprint density at radius 2 is 1.93 bits per heavy atom. The molecule has 1 aromatic rings. The van der Waals surface area contributed by atoms with Gasteiger partial charge in [-0.1, -0.05) is 31.4 Å². The second kappa shape index (κ2) is 5.41. The number of rotatable bonds is 4. The van der Waals surface area contributed by atoms with E-state index in [0.29, 0.717) is 5.75 Å². The molecule has 84 valence electrons. The van der Waals surface area contributed by atoms with Crippen LogP contribution in [0.3, 0.4) is 0 Å². The molecule has 0 aliphatic rings. The van der Waals surface area contributed by atoms with Gasteiger partial charge in [0, 0.05) is 5.02 Å². The van der Waals surface area contributed by atoms with Crippen molar-refractivity contribution in [2.45, 2.75) is 46.5 Å². The summed E-state index contributed by atoms with van der Waals surface area (Å²) in [6.07, 6.45) is 4.43. The molecule has 0 fully saturated rings. The van der Waals surface area contributed by atoms with Crippen LogP contribution < -0.4 is 0 Å². The zero-order valence-corrected chi connectivity index (χ0v) is 10.5. The first-order valence-corrected chi connectivity index (χ1v) is 5.93. The van der Waals surface area contributed by atoms with Crippen LogP contribution in [0.2, 0.25) is 5.02 Å². The maximum Gasteiger partial charge on any atom is 0.119 e. The van der Waals surface area contributed by atoms with Crippen molar-refractivity contribution in [2.75, 3.05) is 0 Å². The van der Waals surface area contributed by atoms with Gasteiger partial charge in [-0.05, 0) is 49.4 Å². The van der Waals surface area contributed by atoms with Gasteiger partial charge in [0.05, 0.1) is 0 Å². The fraction of sp³-hybridized carbons (Fsp3) is 0.538. The Morgan fingerprint density at radius 3 is 2.53 bits per heavy atom. The highest BCUT2D eigenvalue weighted by Crippen LogP contribution is 2.31. The summed E-state index contributed by atoms with van der Waals surface area (Å²) in [4.78, 5) is 0. The molecular formula is C13H19ClO. The van der Waals surface area contributed by atoms with Gasteiger partial charge in [0.1, 0.15) is 5.75 Å². The molecule has 0 aliphatic heterocycles. The van der Waals surface area contributed by atoms with Gasteiger partial charge in [0.15, 0.2) is 0 Å². The summed E-state index contributed by atoms with van der Waals surface area (Å²) in [6, 6.07) is 1.76. The van der Waals surface area contributed by atoms with Crippen LogP contribution in [0.15, 0.2) is 6.07 Å². The van der Waals surface area contributed by atoms with E-state index in [1.165, 1.54) is 12.8 Å². The lowest BCUT2D eigenvalue weighted by Gasteiger charge is -2.12. The Kier molecular flexibility index (Phi) is 4.46. The van der Waals surface area contributed by atoms with Crippen molar-refractivity contribution in [3.05, 3.63) is 27.8 Å². The van der Waals surface area contributed by atoms with Crippen LogP contribution in [-0.2, 0) is 6.42 Å². The molecule has 1 aromatic carbocycles. The van der Waals surface area contributed by atoms with E-state index in [-0.39, 0.29) is 0 Å². The largest absolute Gasteiger partial charge is 0.508 e. The minimum Gasteiger partial charge on any atom is -0.508 e. The van der Waals surface area contributed by atoms with E-state index in [0.717, 1.165) is 34.6 Å². The first-order chi connectivity index (χ1) is 7.07. The fourth-order valence-electron chi connectivity index (χ4n) is 1.84. The zero-order valence-electron chi connectivity index (χ0n) is 9.73. The molecule has 0 aliphatic carbocycles. The molecule has 0 amide bonds. The molecule has 0 bridgehead atoms. The Hall–Kier alpha value is -0.690. The van der Waals surface area contributed by atoms with Crippen molar-refractivity contribution in [3.63, 3.8) is 0 Å². The monoisotopic (exact) mass is 226 g/mol. The Balaban J connectivity index is 2.92. The van der Waals surface area contributed by atoms with Gasteiger partial charge in [0.25, 0.3) is 0 Å². The second-order valence-corrected chi connectivity index (χ2v) is 4.47. The van der Waals surface area contributed by atoms with Gasteiger partial charge in [-0.3, -0.25) is 0 Å². The predicted octanol–water partition coefficient (Wildman–Crippen LogP) is 4.40. The summed E-state index contributed by atoms with van der Waals surface area (Å²) in [7, 11) is 0. The summed E-state index contributed by atoms with van der Waals surface area (Å²) in [5.74, 6) is 0.394. The van der Waals surface area contributed by atoms with Crippen molar-refractivity contribution in [3.8, 4) is 5.75 Å². The summed E-state index contributed by atoms with van der Waals surface area (Å²) in [6.45, 7) is 6.08. The van der Waals surface area contributed by atoms with Crippen LogP contribution in [0, 0.1) is 13.8 Å². The van der Waals surface area contributed by atoms with Gasteiger partial charge in [-0.15, -0.1) is 0 Å². The molecule has 0 heterocycles. The predicted molar refractivity (Wildman–Crippen MR) is 65.8 cm³/mol. The van der Waals surface area contributed by atoms with Crippen molar-refractivity contribution >= 4 is 11.6 Å². The maximum absolute atomic E-state index is 9.84. The van der Waals surface area contributed by atoms with Crippen molar-refractivity contribution in [1.82, 2.24) is 0 Å². The molecule has 0 saturated heterocycles. The molecule has 0 aromatic heterocycles. The molecular weight excluding hydrogens is 208 g/mol. The molecule has 0 radical (unpaired) electrons. The quantitative estimate of drug-likeness (QED) is 0.755. The molecule has 1 N–H and O–H groups in total. The minimum atomic E-state index is 0.394. The highest BCUT2D eigenvalue weighted by Gasteiger charge is 2.10. The molecule has 0 unspecified atom stereocenters. The molecule has 0 atom stereocenters. The zero-order chi connectivity index (χ0) is 11.4. The van der Waals surface area contributed by atoms with E-state index < -0.39 is 0 Å². The van der Waals surface area contributed by atoms with E-state index in [4.69, 9.17) is 11.6 Å². The van der Waals surface area contributed by atoms with Gasteiger partial charge < -0.3 is 5.11 Å². The van der Waals surface area contributed by atoms with Gasteiger partial charge in [-0.2, -0.15) is 0 Å². The van der Waals surface area contributed by atoms with Crippen LogP contribution in [0.5, 0.6) is 5.75 Å². The van der Waals surface area contributed by atoms with Crippen LogP contribution in [0.25, 0.3) is 0 Å². The average molecular weight is 227 g/mol. The average Bonchev–Trinajstić information content (AvgIpc) is 2.20. The Labute approximate surface area is 97.1 Å². The third-order valence-corrected chi connectivity index (χ3v) is 3.40. The van der Waals surface area contributed by atoms with E-state index in [1.54, 1.807) is 6.07 Å². The summed E-state index contributed by atoms with van der Waals surface area (Å²) < 4.78 is 0. The lowest BCUT2D eigenvalue weighted by Crippen LogP contribution is -1.94. The first-order valence-electron chi connectivity index (χ1n) is 5.55. The molecule has 0 spiro atoms. The SMILES string of the molecule is CCCCCc1c(O)cc(C)c(Cl)c1C. The molecule has 1 nitrogen and oxygen atoms in total. The molecule has 2 heteroatoms. The standard InChI is InChI=1S/C13H19ClO/c1-4-5-6-7-11-10(3)13(14)9(2)8-12(11)15/h8,15H,4-7H2,1-3H3. The second-order valence-electron chi connectivity index (χ2n) is 4.09. The van der Waals surface area contributed by atoms with Crippen LogP contribution in [0.1, 0.15) is 42.9 Å². The van der Waals surface area contributed by atoms with Crippen molar-refractivity contribution in [2.24, 2.45) is 0 Å². The van der Waals surface area contributed by atoms with Crippen molar-refractivity contribution in [1.29, 1.82) is 0 Å². The number of aromatic hydroxyl groups is 1. The fourth-order valence-corrected chi connectivity index (χ4v) is 2.01. The molecule has 15 heavy (non-hydrogen) atoms. The number of hydrogen-bond acceptors (Lipinski definition) is 1. The van der Waals surface area contributed by atoms with Gasteiger partial charge in [0.2, 0.25) is 0 Å². The number of aryl methyl sites for hydroxylation is 1. The van der Waals surface area contributed by atoms with E-state index in [1.807, 2.05) is 13.8 Å². The summed E-state index contributed by atoms with van der Waals surface area (Å²) in [5, 5.41) is 10.6. The first kappa shape index (κ1) is 12.4. The molecule has 1 rings (SSSR count). The molecule has 0 saturated carbocycles. The van der Waals surface area contributed by atoms with E-state index in [9.17, 15) is 5.11 Å². The summed E-state index contributed by atoms with van der Waals surface area (Å²) >= 11 is 6.16. The summed E-state index contributed by atoms with van der Waals surface area (Å²) in [5.41, 5.74) is 3.00. The third-order valence-electron chi connectivity index (χ3n) is 2.82. The number of halogens is 1. The lowest BCUT2D eigenvalue weighted by molar-refractivity contribution is 0.465. The Bertz CT molecular complexity index is 345. The minimum absolute atomic E-state index is 0.394. The van der Waals surface area contributed by atoms with Gasteiger partial charge in [-0.25, -0.2) is 0 Å². The number of benzene rings is 1. The van der Waals surface area contributed by atoms with E-state index >= 15 is 0 Å². The lowest BCUT2D eigenvalue weighted by atomic mass is 9.99. The smallest absolute Gasteiger partial charge is 0.119 e. The number of phenols is 1. The third kappa shape index (κ3) is 2.88. The Morgan fingerprint density at radius 1 is 1.27 bits per heavy atom. The maximum atomic E-state index is 9.84. The van der Waals surface area contributed by atoms with Gasteiger partial charge >= 0.3 is 0 Å². The number of phenolic OH excluding ortho intramolecular Hbond substituents is 1.